The quantitative estimate of drug-likeness (QED) is 0.600. The minimum absolute atomic E-state index is 0.327. The van der Waals surface area contributed by atoms with Gasteiger partial charge in [0.1, 0.15) is 5.65 Å². The van der Waals surface area contributed by atoms with Crippen molar-refractivity contribution in [2.75, 3.05) is 6.61 Å². The smallest absolute Gasteiger partial charge is 0.330 e. The van der Waals surface area contributed by atoms with E-state index in [1.807, 2.05) is 35.9 Å². The Labute approximate surface area is 99.5 Å². The van der Waals surface area contributed by atoms with E-state index in [1.54, 1.807) is 13.0 Å². The van der Waals surface area contributed by atoms with Crippen LogP contribution in [0.5, 0.6) is 0 Å². The van der Waals surface area contributed by atoms with Crippen molar-refractivity contribution in [3.63, 3.8) is 0 Å². The van der Waals surface area contributed by atoms with Crippen LogP contribution >= 0.6 is 0 Å². The maximum Gasteiger partial charge on any atom is 0.330 e. The fourth-order valence-corrected chi connectivity index (χ4v) is 1.58. The normalized spacial score (nSPS) is 11.2. The topological polar surface area (TPSA) is 43.6 Å². The molecule has 0 atom stereocenters. The van der Waals surface area contributed by atoms with Crippen LogP contribution in [0.2, 0.25) is 0 Å². The zero-order valence-corrected chi connectivity index (χ0v) is 9.88. The van der Waals surface area contributed by atoms with Crippen LogP contribution in [-0.2, 0) is 9.53 Å². The Hall–Kier alpha value is -2.10. The van der Waals surface area contributed by atoms with Gasteiger partial charge in [-0.25, -0.2) is 9.78 Å². The standard InChI is InChI=1S/C13H14N2O2/c1-3-17-13(16)5-4-11-6-7-15-9-10(2)14-12(15)8-11/h4-9H,3H2,1-2H3/b5-4+. The van der Waals surface area contributed by atoms with Gasteiger partial charge in [-0.3, -0.25) is 0 Å². The van der Waals surface area contributed by atoms with E-state index in [2.05, 4.69) is 4.98 Å². The van der Waals surface area contributed by atoms with E-state index in [0.717, 1.165) is 16.9 Å². The maximum absolute atomic E-state index is 11.2. The number of carbonyl (C=O) groups excluding carboxylic acids is 1. The number of rotatable bonds is 3. The van der Waals surface area contributed by atoms with E-state index in [0.29, 0.717) is 6.61 Å². The molecule has 0 radical (unpaired) electrons. The van der Waals surface area contributed by atoms with E-state index < -0.39 is 0 Å². The van der Waals surface area contributed by atoms with Gasteiger partial charge in [0.25, 0.3) is 0 Å². The fraction of sp³-hybridized carbons (Fsp3) is 0.231. The minimum atomic E-state index is -0.327. The number of aryl methyl sites for hydroxylation is 1. The van der Waals surface area contributed by atoms with E-state index in [9.17, 15) is 4.79 Å². The van der Waals surface area contributed by atoms with Crippen molar-refractivity contribution in [1.29, 1.82) is 0 Å². The van der Waals surface area contributed by atoms with Gasteiger partial charge in [0.2, 0.25) is 0 Å². The summed E-state index contributed by atoms with van der Waals surface area (Å²) in [6.45, 7) is 4.12. The van der Waals surface area contributed by atoms with Gasteiger partial charge < -0.3 is 9.14 Å². The lowest BCUT2D eigenvalue weighted by Crippen LogP contribution is -1.98. The molecule has 17 heavy (non-hydrogen) atoms. The molecule has 0 N–H and O–H groups in total. The fourth-order valence-electron chi connectivity index (χ4n) is 1.58. The highest BCUT2D eigenvalue weighted by Crippen LogP contribution is 2.09. The summed E-state index contributed by atoms with van der Waals surface area (Å²) in [5, 5.41) is 0. The first-order chi connectivity index (χ1) is 8.19. The lowest BCUT2D eigenvalue weighted by atomic mass is 10.2. The molecule has 2 aromatic heterocycles. The van der Waals surface area contributed by atoms with Crippen molar-refractivity contribution in [2.45, 2.75) is 13.8 Å². The highest BCUT2D eigenvalue weighted by molar-refractivity contribution is 5.87. The van der Waals surface area contributed by atoms with Crippen molar-refractivity contribution >= 4 is 17.7 Å². The van der Waals surface area contributed by atoms with Crippen LogP contribution in [0.3, 0.4) is 0 Å². The van der Waals surface area contributed by atoms with Gasteiger partial charge >= 0.3 is 5.97 Å². The molecule has 0 bridgehead atoms. The predicted octanol–water partition coefficient (Wildman–Crippen LogP) is 2.22. The number of hydrogen-bond donors (Lipinski definition) is 0. The third-order valence-electron chi connectivity index (χ3n) is 2.30. The Morgan fingerprint density at radius 3 is 3.18 bits per heavy atom. The van der Waals surface area contributed by atoms with Gasteiger partial charge in [-0.15, -0.1) is 0 Å². The van der Waals surface area contributed by atoms with E-state index in [1.165, 1.54) is 6.08 Å². The van der Waals surface area contributed by atoms with Crippen LogP contribution in [-0.4, -0.2) is 22.0 Å². The van der Waals surface area contributed by atoms with Gasteiger partial charge in [0.05, 0.1) is 12.3 Å². The number of esters is 1. The summed E-state index contributed by atoms with van der Waals surface area (Å²) >= 11 is 0. The zero-order chi connectivity index (χ0) is 12.3. The number of pyridine rings is 1. The predicted molar refractivity (Wildman–Crippen MR) is 65.6 cm³/mol. The van der Waals surface area contributed by atoms with Crippen LogP contribution in [0.1, 0.15) is 18.2 Å². The van der Waals surface area contributed by atoms with Gasteiger partial charge in [0, 0.05) is 18.5 Å². The highest BCUT2D eigenvalue weighted by Gasteiger charge is 1.98. The number of ether oxygens (including phenoxy) is 1. The molecule has 0 unspecified atom stereocenters. The summed E-state index contributed by atoms with van der Waals surface area (Å²) in [5.41, 5.74) is 2.76. The van der Waals surface area contributed by atoms with Crippen molar-refractivity contribution in [2.24, 2.45) is 0 Å². The summed E-state index contributed by atoms with van der Waals surface area (Å²) in [7, 11) is 0. The molecular weight excluding hydrogens is 216 g/mol. The van der Waals surface area contributed by atoms with Crippen LogP contribution in [0.4, 0.5) is 0 Å². The second-order valence-electron chi connectivity index (χ2n) is 3.69. The molecule has 88 valence electrons. The third kappa shape index (κ3) is 2.72. The molecule has 4 heteroatoms. The third-order valence-corrected chi connectivity index (χ3v) is 2.30. The van der Waals surface area contributed by atoms with E-state index in [4.69, 9.17) is 4.74 Å². The van der Waals surface area contributed by atoms with Crippen molar-refractivity contribution in [3.8, 4) is 0 Å². The van der Waals surface area contributed by atoms with Crippen LogP contribution < -0.4 is 0 Å². The molecule has 2 rings (SSSR count). The summed E-state index contributed by atoms with van der Waals surface area (Å²) < 4.78 is 6.75. The molecule has 0 spiro atoms. The van der Waals surface area contributed by atoms with Gasteiger partial charge in [-0.2, -0.15) is 0 Å². The van der Waals surface area contributed by atoms with Crippen LogP contribution in [0.25, 0.3) is 11.7 Å². The molecule has 0 saturated heterocycles. The molecule has 0 aliphatic rings. The average molecular weight is 230 g/mol. The first-order valence-electron chi connectivity index (χ1n) is 5.49. The van der Waals surface area contributed by atoms with Crippen LogP contribution in [0.15, 0.2) is 30.6 Å². The highest BCUT2D eigenvalue weighted by atomic mass is 16.5. The van der Waals surface area contributed by atoms with Crippen molar-refractivity contribution in [1.82, 2.24) is 9.38 Å². The maximum atomic E-state index is 11.2. The monoisotopic (exact) mass is 230 g/mol. The Kier molecular flexibility index (Phi) is 3.23. The van der Waals surface area contributed by atoms with Gasteiger partial charge in [0.15, 0.2) is 0 Å². The largest absolute Gasteiger partial charge is 0.463 e. The van der Waals surface area contributed by atoms with Crippen molar-refractivity contribution in [3.05, 3.63) is 41.9 Å². The molecule has 0 aromatic carbocycles. The lowest BCUT2D eigenvalue weighted by molar-refractivity contribution is -0.137. The molecule has 0 aliphatic heterocycles. The molecule has 0 fully saturated rings. The SMILES string of the molecule is CCOC(=O)/C=C/c1ccn2cc(C)nc2c1. The molecule has 0 amide bonds. The number of hydrogen-bond acceptors (Lipinski definition) is 3. The molecule has 0 aliphatic carbocycles. The molecule has 0 saturated carbocycles. The lowest BCUT2D eigenvalue weighted by Gasteiger charge is -1.97. The summed E-state index contributed by atoms with van der Waals surface area (Å²) in [6, 6.07) is 3.84. The van der Waals surface area contributed by atoms with E-state index >= 15 is 0 Å². The minimum Gasteiger partial charge on any atom is -0.463 e. The van der Waals surface area contributed by atoms with Crippen molar-refractivity contribution < 1.29 is 9.53 Å². The van der Waals surface area contributed by atoms with Crippen LogP contribution in [0, 0.1) is 6.92 Å². The van der Waals surface area contributed by atoms with Gasteiger partial charge in [-0.05, 0) is 37.6 Å². The van der Waals surface area contributed by atoms with Gasteiger partial charge in [-0.1, -0.05) is 0 Å². The zero-order valence-electron chi connectivity index (χ0n) is 9.88. The molecule has 4 nitrogen and oxygen atoms in total. The average Bonchev–Trinajstić information content (AvgIpc) is 2.66. The molecular formula is C13H14N2O2. The summed E-state index contributed by atoms with van der Waals surface area (Å²) in [4.78, 5) is 15.5. The first-order valence-corrected chi connectivity index (χ1v) is 5.49. The second-order valence-corrected chi connectivity index (χ2v) is 3.69. The Morgan fingerprint density at radius 1 is 1.59 bits per heavy atom. The second kappa shape index (κ2) is 4.82. The number of fused-ring (bicyclic) bond motifs is 1. The molecule has 2 aromatic rings. The Balaban J connectivity index is 2.21. The first kappa shape index (κ1) is 11.4. The number of aromatic nitrogens is 2. The number of nitrogens with zero attached hydrogens (tertiary/aromatic N) is 2. The Morgan fingerprint density at radius 2 is 2.41 bits per heavy atom. The Bertz CT molecular complexity index is 570. The number of carbonyl (C=O) groups is 1. The van der Waals surface area contributed by atoms with E-state index in [-0.39, 0.29) is 5.97 Å². The summed E-state index contributed by atoms with van der Waals surface area (Å²) in [6.07, 6.45) is 7.02. The summed E-state index contributed by atoms with van der Waals surface area (Å²) in [5.74, 6) is -0.327. The number of imidazole rings is 1. The molecule has 2 heterocycles.